The number of nitrogens with zero attached hydrogens (tertiary/aromatic N) is 5. The van der Waals surface area contributed by atoms with Gasteiger partial charge in [0, 0.05) is 18.7 Å². The monoisotopic (exact) mass is 273 g/mol. The minimum Gasteiger partial charge on any atom is -0.368 e. The molecule has 106 valence electrons. The summed E-state index contributed by atoms with van der Waals surface area (Å²) in [6.45, 7) is 2.85. The molecule has 0 saturated heterocycles. The van der Waals surface area contributed by atoms with Crippen molar-refractivity contribution in [2.24, 2.45) is 0 Å². The lowest BCUT2D eigenvalue weighted by Crippen LogP contribution is -2.13. The van der Waals surface area contributed by atoms with Crippen molar-refractivity contribution < 1.29 is 0 Å². The van der Waals surface area contributed by atoms with Gasteiger partial charge in [-0.05, 0) is 32.6 Å². The molecule has 0 aliphatic heterocycles. The highest BCUT2D eigenvalue weighted by Gasteiger charge is 2.18. The summed E-state index contributed by atoms with van der Waals surface area (Å²) in [5.74, 6) is 2.05. The van der Waals surface area contributed by atoms with E-state index in [1.807, 2.05) is 0 Å². The molecule has 2 aromatic rings. The largest absolute Gasteiger partial charge is 0.368 e. The molecular formula is C13H19N7. The van der Waals surface area contributed by atoms with Gasteiger partial charge in [0.15, 0.2) is 0 Å². The van der Waals surface area contributed by atoms with Gasteiger partial charge in [0.25, 0.3) is 0 Å². The van der Waals surface area contributed by atoms with Gasteiger partial charge in [-0.15, -0.1) is 0 Å². The molecule has 0 saturated carbocycles. The SMILES string of the molecule is Cc1nc2c(n1CCc1nc(N)nc(N)n1)CCCC2. The summed E-state index contributed by atoms with van der Waals surface area (Å²) in [4.78, 5) is 16.7. The van der Waals surface area contributed by atoms with Gasteiger partial charge >= 0.3 is 0 Å². The van der Waals surface area contributed by atoms with E-state index in [1.165, 1.54) is 24.2 Å². The summed E-state index contributed by atoms with van der Waals surface area (Å²) in [5, 5.41) is 0. The molecule has 0 unspecified atom stereocenters. The molecule has 2 heterocycles. The third-order valence-electron chi connectivity index (χ3n) is 3.70. The maximum Gasteiger partial charge on any atom is 0.225 e. The van der Waals surface area contributed by atoms with E-state index in [1.54, 1.807) is 0 Å². The Hall–Kier alpha value is -2.18. The van der Waals surface area contributed by atoms with Crippen molar-refractivity contribution >= 4 is 11.9 Å². The van der Waals surface area contributed by atoms with Crippen LogP contribution in [0.4, 0.5) is 11.9 Å². The van der Waals surface area contributed by atoms with E-state index < -0.39 is 0 Å². The number of imidazole rings is 1. The summed E-state index contributed by atoms with van der Waals surface area (Å²) < 4.78 is 2.27. The molecule has 7 heteroatoms. The van der Waals surface area contributed by atoms with Crippen LogP contribution in [0.2, 0.25) is 0 Å². The zero-order valence-corrected chi connectivity index (χ0v) is 11.6. The van der Waals surface area contributed by atoms with E-state index >= 15 is 0 Å². The number of aryl methyl sites for hydroxylation is 3. The molecule has 0 bridgehead atoms. The Labute approximate surface area is 117 Å². The Morgan fingerprint density at radius 1 is 1.00 bits per heavy atom. The molecule has 0 spiro atoms. The van der Waals surface area contributed by atoms with E-state index in [4.69, 9.17) is 11.5 Å². The number of hydrogen-bond acceptors (Lipinski definition) is 6. The summed E-state index contributed by atoms with van der Waals surface area (Å²) in [5.41, 5.74) is 13.8. The molecule has 0 fully saturated rings. The van der Waals surface area contributed by atoms with Gasteiger partial charge in [0.2, 0.25) is 11.9 Å². The molecule has 1 aliphatic rings. The van der Waals surface area contributed by atoms with E-state index in [9.17, 15) is 0 Å². The van der Waals surface area contributed by atoms with Crippen molar-refractivity contribution in [2.45, 2.75) is 45.6 Å². The second-order valence-corrected chi connectivity index (χ2v) is 5.13. The summed E-state index contributed by atoms with van der Waals surface area (Å²) in [6.07, 6.45) is 5.36. The lowest BCUT2D eigenvalue weighted by molar-refractivity contribution is 0.587. The van der Waals surface area contributed by atoms with Gasteiger partial charge < -0.3 is 16.0 Å². The molecule has 0 atom stereocenters. The number of anilines is 2. The zero-order chi connectivity index (χ0) is 14.1. The molecule has 0 amide bonds. The molecule has 20 heavy (non-hydrogen) atoms. The van der Waals surface area contributed by atoms with Crippen molar-refractivity contribution in [1.29, 1.82) is 0 Å². The van der Waals surface area contributed by atoms with Crippen molar-refractivity contribution in [2.75, 3.05) is 11.5 Å². The minimum atomic E-state index is 0.178. The first-order chi connectivity index (χ1) is 9.63. The van der Waals surface area contributed by atoms with Crippen molar-refractivity contribution in [1.82, 2.24) is 24.5 Å². The average Bonchev–Trinajstić information content (AvgIpc) is 2.71. The Bertz CT molecular complexity index is 612. The van der Waals surface area contributed by atoms with Crippen LogP contribution < -0.4 is 11.5 Å². The number of rotatable bonds is 3. The van der Waals surface area contributed by atoms with E-state index in [0.717, 1.165) is 25.2 Å². The van der Waals surface area contributed by atoms with Gasteiger partial charge in [-0.25, -0.2) is 4.98 Å². The van der Waals surface area contributed by atoms with Crippen LogP contribution in [0.3, 0.4) is 0 Å². The quantitative estimate of drug-likeness (QED) is 0.850. The molecule has 0 radical (unpaired) electrons. The van der Waals surface area contributed by atoms with Crippen LogP contribution in [0, 0.1) is 6.92 Å². The van der Waals surface area contributed by atoms with Crippen molar-refractivity contribution in [3.8, 4) is 0 Å². The second kappa shape index (κ2) is 5.07. The molecule has 2 aromatic heterocycles. The Morgan fingerprint density at radius 3 is 2.45 bits per heavy atom. The Kier molecular flexibility index (Phi) is 3.25. The van der Waals surface area contributed by atoms with Gasteiger partial charge in [0.05, 0.1) is 5.69 Å². The van der Waals surface area contributed by atoms with Crippen LogP contribution in [0.15, 0.2) is 0 Å². The number of nitrogen functional groups attached to an aromatic ring is 2. The van der Waals surface area contributed by atoms with Crippen LogP contribution in [0.5, 0.6) is 0 Å². The standard InChI is InChI=1S/C13H19N7/c1-8-16-9-4-2-3-5-10(9)20(8)7-6-11-17-12(14)19-13(15)18-11/h2-7H2,1H3,(H4,14,15,17,18,19). The van der Waals surface area contributed by atoms with Crippen LogP contribution in [-0.4, -0.2) is 24.5 Å². The van der Waals surface area contributed by atoms with Crippen LogP contribution >= 0.6 is 0 Å². The van der Waals surface area contributed by atoms with Crippen molar-refractivity contribution in [3.63, 3.8) is 0 Å². The molecule has 0 aromatic carbocycles. The van der Waals surface area contributed by atoms with Crippen LogP contribution in [0.25, 0.3) is 0 Å². The summed E-state index contributed by atoms with van der Waals surface area (Å²) in [6, 6.07) is 0. The van der Waals surface area contributed by atoms with E-state index in [-0.39, 0.29) is 11.9 Å². The highest BCUT2D eigenvalue weighted by Crippen LogP contribution is 2.22. The maximum absolute atomic E-state index is 5.59. The summed E-state index contributed by atoms with van der Waals surface area (Å²) in [7, 11) is 0. The highest BCUT2D eigenvalue weighted by molar-refractivity contribution is 5.26. The van der Waals surface area contributed by atoms with E-state index in [0.29, 0.717) is 12.2 Å². The number of hydrogen-bond donors (Lipinski definition) is 2. The zero-order valence-electron chi connectivity index (χ0n) is 11.6. The van der Waals surface area contributed by atoms with Gasteiger partial charge in [-0.2, -0.15) is 15.0 Å². The fraction of sp³-hybridized carbons (Fsp3) is 0.538. The third kappa shape index (κ3) is 2.43. The first-order valence-electron chi connectivity index (χ1n) is 6.94. The smallest absolute Gasteiger partial charge is 0.225 e. The lowest BCUT2D eigenvalue weighted by Gasteiger charge is -2.14. The van der Waals surface area contributed by atoms with Gasteiger partial charge in [-0.1, -0.05) is 0 Å². The fourth-order valence-electron chi connectivity index (χ4n) is 2.81. The third-order valence-corrected chi connectivity index (χ3v) is 3.70. The average molecular weight is 273 g/mol. The molecular weight excluding hydrogens is 254 g/mol. The predicted octanol–water partition coefficient (Wildman–Crippen LogP) is 0.662. The summed E-state index contributed by atoms with van der Waals surface area (Å²) >= 11 is 0. The van der Waals surface area contributed by atoms with Crippen molar-refractivity contribution in [3.05, 3.63) is 23.0 Å². The highest BCUT2D eigenvalue weighted by atomic mass is 15.1. The molecule has 1 aliphatic carbocycles. The molecule has 3 rings (SSSR count). The van der Waals surface area contributed by atoms with Gasteiger partial charge in [-0.3, -0.25) is 0 Å². The minimum absolute atomic E-state index is 0.178. The first kappa shape index (κ1) is 12.8. The maximum atomic E-state index is 5.59. The topological polar surface area (TPSA) is 109 Å². The number of fused-ring (bicyclic) bond motifs is 1. The Balaban J connectivity index is 1.80. The second-order valence-electron chi connectivity index (χ2n) is 5.13. The number of nitrogens with two attached hydrogens (primary N) is 2. The van der Waals surface area contributed by atoms with Gasteiger partial charge in [0.1, 0.15) is 11.6 Å². The fourth-order valence-corrected chi connectivity index (χ4v) is 2.81. The molecule has 7 nitrogen and oxygen atoms in total. The predicted molar refractivity (Wildman–Crippen MR) is 76.0 cm³/mol. The normalized spacial score (nSPS) is 14.2. The van der Waals surface area contributed by atoms with Crippen LogP contribution in [0.1, 0.15) is 35.9 Å². The number of aromatic nitrogens is 5. The molecule has 4 N–H and O–H groups in total. The first-order valence-corrected chi connectivity index (χ1v) is 6.94. The lowest BCUT2D eigenvalue weighted by atomic mass is 10.0. The van der Waals surface area contributed by atoms with E-state index in [2.05, 4.69) is 31.4 Å². The Morgan fingerprint density at radius 2 is 1.70 bits per heavy atom. The van der Waals surface area contributed by atoms with Crippen LogP contribution in [-0.2, 0) is 25.8 Å².